The number of hydrogen-bond acceptors (Lipinski definition) is 2. The van der Waals surface area contributed by atoms with Crippen LogP contribution in [0.5, 0.6) is 0 Å². The molecule has 0 atom stereocenters. The first-order valence-corrected chi connectivity index (χ1v) is 7.18. The number of hydrogen-bond donors (Lipinski definition) is 1. The van der Waals surface area contributed by atoms with Crippen LogP contribution >= 0.6 is 34.5 Å². The van der Waals surface area contributed by atoms with E-state index in [-0.39, 0.29) is 5.91 Å². The van der Waals surface area contributed by atoms with Crippen LogP contribution in [0.4, 0.5) is 5.69 Å². The summed E-state index contributed by atoms with van der Waals surface area (Å²) in [7, 11) is 0. The average molecular weight is 312 g/mol. The smallest absolute Gasteiger partial charge is 0.248 e. The normalized spacial score (nSPS) is 10.9. The Morgan fingerprint density at radius 2 is 2.11 bits per heavy atom. The number of benzene rings is 1. The number of nitrogens with one attached hydrogen (secondary N) is 1. The Hall–Kier alpha value is -1.29. The van der Waals surface area contributed by atoms with Gasteiger partial charge < -0.3 is 5.32 Å². The number of halogens is 2. The first kappa shape index (κ1) is 14.1. The molecule has 1 aromatic carbocycles. The maximum atomic E-state index is 11.8. The van der Waals surface area contributed by atoms with Gasteiger partial charge in [-0.25, -0.2) is 0 Å². The molecular weight excluding hydrogens is 301 g/mol. The fraction of sp³-hybridized carbons (Fsp3) is 0.0714. The predicted octanol–water partition coefficient (Wildman–Crippen LogP) is 5.02. The van der Waals surface area contributed by atoms with Gasteiger partial charge >= 0.3 is 0 Å². The fourth-order valence-electron chi connectivity index (χ4n) is 1.48. The third-order valence-corrected chi connectivity index (χ3v) is 4.30. The van der Waals surface area contributed by atoms with E-state index in [9.17, 15) is 4.79 Å². The summed E-state index contributed by atoms with van der Waals surface area (Å²) < 4.78 is 0. The van der Waals surface area contributed by atoms with E-state index in [0.29, 0.717) is 15.7 Å². The van der Waals surface area contributed by atoms with Crippen LogP contribution in [0.15, 0.2) is 35.7 Å². The second kappa shape index (κ2) is 6.24. The van der Waals surface area contributed by atoms with Crippen molar-refractivity contribution in [2.24, 2.45) is 0 Å². The Morgan fingerprint density at radius 1 is 1.32 bits per heavy atom. The summed E-state index contributed by atoms with van der Waals surface area (Å²) >= 11 is 13.5. The molecule has 0 unspecified atom stereocenters. The number of amides is 1. The number of carbonyl (C=O) groups excluding carboxylic acids is 1. The lowest BCUT2D eigenvalue weighted by Gasteiger charge is -2.05. The molecule has 98 valence electrons. The second-order valence-electron chi connectivity index (χ2n) is 3.89. The first-order chi connectivity index (χ1) is 9.08. The molecule has 0 spiro atoms. The van der Waals surface area contributed by atoms with E-state index in [1.54, 1.807) is 35.6 Å². The van der Waals surface area contributed by atoms with Gasteiger partial charge in [0.15, 0.2) is 0 Å². The third kappa shape index (κ3) is 3.60. The van der Waals surface area contributed by atoms with E-state index in [1.165, 1.54) is 6.08 Å². The van der Waals surface area contributed by atoms with E-state index in [4.69, 9.17) is 23.2 Å². The predicted molar refractivity (Wildman–Crippen MR) is 83.2 cm³/mol. The molecule has 1 aromatic heterocycles. The molecule has 0 radical (unpaired) electrons. The van der Waals surface area contributed by atoms with E-state index in [0.717, 1.165) is 10.4 Å². The van der Waals surface area contributed by atoms with Gasteiger partial charge in [0, 0.05) is 11.0 Å². The van der Waals surface area contributed by atoms with E-state index < -0.39 is 0 Å². The lowest BCUT2D eigenvalue weighted by Crippen LogP contribution is -2.08. The molecule has 2 nitrogen and oxygen atoms in total. The second-order valence-corrected chi connectivity index (χ2v) is 5.62. The molecule has 0 bridgehead atoms. The molecule has 0 aliphatic carbocycles. The van der Waals surface area contributed by atoms with Crippen molar-refractivity contribution >= 4 is 52.2 Å². The Balaban J connectivity index is 2.08. The van der Waals surface area contributed by atoms with Crippen LogP contribution < -0.4 is 5.32 Å². The minimum absolute atomic E-state index is 0.239. The zero-order valence-corrected chi connectivity index (χ0v) is 12.4. The summed E-state index contributed by atoms with van der Waals surface area (Å²) in [5.74, 6) is -0.239. The van der Waals surface area contributed by atoms with Crippen LogP contribution in [0.3, 0.4) is 0 Å². The van der Waals surface area contributed by atoms with Gasteiger partial charge in [0.2, 0.25) is 5.91 Å². The SMILES string of the molecule is Cc1ccsc1/C=C/C(=O)Nc1cccc(Cl)c1Cl. The molecule has 0 aliphatic rings. The molecule has 1 heterocycles. The molecule has 0 saturated carbocycles. The molecule has 2 rings (SSSR count). The summed E-state index contributed by atoms with van der Waals surface area (Å²) in [6.45, 7) is 2.00. The molecule has 0 aliphatic heterocycles. The standard InChI is InChI=1S/C14H11Cl2NOS/c1-9-7-8-19-12(9)5-6-13(18)17-11-4-2-3-10(15)14(11)16/h2-8H,1H3,(H,17,18)/b6-5+. The van der Waals surface area contributed by atoms with Crippen molar-refractivity contribution in [1.29, 1.82) is 0 Å². The zero-order chi connectivity index (χ0) is 13.8. The van der Waals surface area contributed by atoms with E-state index >= 15 is 0 Å². The number of aryl methyl sites for hydroxylation is 1. The van der Waals surface area contributed by atoms with Crippen molar-refractivity contribution < 1.29 is 4.79 Å². The van der Waals surface area contributed by atoms with Crippen LogP contribution in [0.2, 0.25) is 10.0 Å². The number of rotatable bonds is 3. The van der Waals surface area contributed by atoms with Crippen LogP contribution in [0, 0.1) is 6.92 Å². The van der Waals surface area contributed by atoms with Gasteiger partial charge in [0.05, 0.1) is 15.7 Å². The Bertz CT molecular complexity index is 634. The Labute approximate surface area is 125 Å². The van der Waals surface area contributed by atoms with Crippen molar-refractivity contribution in [2.45, 2.75) is 6.92 Å². The molecule has 0 fully saturated rings. The summed E-state index contributed by atoms with van der Waals surface area (Å²) in [6.07, 6.45) is 3.27. The summed E-state index contributed by atoms with van der Waals surface area (Å²) in [6, 6.07) is 7.12. The number of thiophene rings is 1. The van der Waals surface area contributed by atoms with Crippen molar-refractivity contribution in [2.75, 3.05) is 5.32 Å². The summed E-state index contributed by atoms with van der Waals surface area (Å²) in [4.78, 5) is 12.8. The maximum absolute atomic E-state index is 11.8. The average Bonchev–Trinajstić information content (AvgIpc) is 2.78. The lowest BCUT2D eigenvalue weighted by molar-refractivity contribution is -0.111. The zero-order valence-electron chi connectivity index (χ0n) is 10.1. The van der Waals surface area contributed by atoms with Crippen molar-refractivity contribution in [3.63, 3.8) is 0 Å². The van der Waals surface area contributed by atoms with Gasteiger partial charge in [-0.3, -0.25) is 4.79 Å². The van der Waals surface area contributed by atoms with Crippen LogP contribution in [0.25, 0.3) is 6.08 Å². The van der Waals surface area contributed by atoms with Crippen LogP contribution in [0.1, 0.15) is 10.4 Å². The number of carbonyl (C=O) groups is 1. The highest BCUT2D eigenvalue weighted by molar-refractivity contribution is 7.11. The highest BCUT2D eigenvalue weighted by Gasteiger charge is 2.06. The van der Waals surface area contributed by atoms with Gasteiger partial charge in [-0.1, -0.05) is 29.3 Å². The van der Waals surface area contributed by atoms with Gasteiger partial charge in [0.1, 0.15) is 0 Å². The van der Waals surface area contributed by atoms with Crippen molar-refractivity contribution in [3.05, 3.63) is 56.2 Å². The molecular formula is C14H11Cl2NOS. The van der Waals surface area contributed by atoms with Gasteiger partial charge in [-0.15, -0.1) is 11.3 Å². The molecule has 5 heteroatoms. The fourth-order valence-corrected chi connectivity index (χ4v) is 2.65. The van der Waals surface area contributed by atoms with E-state index in [1.807, 2.05) is 18.4 Å². The topological polar surface area (TPSA) is 29.1 Å². The molecule has 1 N–H and O–H groups in total. The van der Waals surface area contributed by atoms with Crippen LogP contribution in [-0.2, 0) is 4.79 Å². The van der Waals surface area contributed by atoms with Crippen molar-refractivity contribution in [3.8, 4) is 0 Å². The van der Waals surface area contributed by atoms with Crippen LogP contribution in [-0.4, -0.2) is 5.91 Å². The van der Waals surface area contributed by atoms with Gasteiger partial charge in [-0.05, 0) is 42.1 Å². The minimum Gasteiger partial charge on any atom is -0.321 e. The summed E-state index contributed by atoms with van der Waals surface area (Å²) in [5, 5.41) is 5.44. The van der Waals surface area contributed by atoms with Gasteiger partial charge in [-0.2, -0.15) is 0 Å². The molecule has 2 aromatic rings. The van der Waals surface area contributed by atoms with E-state index in [2.05, 4.69) is 5.32 Å². The lowest BCUT2D eigenvalue weighted by atomic mass is 10.2. The Morgan fingerprint density at radius 3 is 2.79 bits per heavy atom. The summed E-state index contributed by atoms with van der Waals surface area (Å²) in [5.41, 5.74) is 1.65. The third-order valence-electron chi connectivity index (χ3n) is 2.50. The minimum atomic E-state index is -0.239. The van der Waals surface area contributed by atoms with Gasteiger partial charge in [0.25, 0.3) is 0 Å². The maximum Gasteiger partial charge on any atom is 0.248 e. The Kier molecular flexibility index (Phi) is 4.64. The number of anilines is 1. The van der Waals surface area contributed by atoms with Crippen molar-refractivity contribution in [1.82, 2.24) is 0 Å². The molecule has 1 amide bonds. The molecule has 0 saturated heterocycles. The largest absolute Gasteiger partial charge is 0.321 e. The molecule has 19 heavy (non-hydrogen) atoms. The highest BCUT2D eigenvalue weighted by Crippen LogP contribution is 2.29. The quantitative estimate of drug-likeness (QED) is 0.793. The first-order valence-electron chi connectivity index (χ1n) is 5.55. The highest BCUT2D eigenvalue weighted by atomic mass is 35.5. The monoisotopic (exact) mass is 311 g/mol.